The van der Waals surface area contributed by atoms with Crippen LogP contribution in [-0.2, 0) is 0 Å². The maximum Gasteiger partial charge on any atom is 0.184 e. The first-order valence-electron chi connectivity index (χ1n) is 9.57. The summed E-state index contributed by atoms with van der Waals surface area (Å²) in [5, 5.41) is 8.38. The molecule has 0 radical (unpaired) electrons. The van der Waals surface area contributed by atoms with Crippen LogP contribution in [0.5, 0.6) is 0 Å². The smallest absolute Gasteiger partial charge is 0.184 e. The number of carbonyl (C=O) groups excluding carboxylic acids is 1. The van der Waals surface area contributed by atoms with E-state index >= 15 is 0 Å². The summed E-state index contributed by atoms with van der Waals surface area (Å²) in [5.74, 6) is 1.40. The minimum atomic E-state index is 0.183. The monoisotopic (exact) mass is 345 g/mol. The van der Waals surface area contributed by atoms with Crippen molar-refractivity contribution in [1.82, 2.24) is 15.1 Å². The first-order chi connectivity index (χ1) is 12.8. The van der Waals surface area contributed by atoms with E-state index in [4.69, 9.17) is 0 Å². The Hall–Kier alpha value is -2.46. The second-order valence-electron chi connectivity index (χ2n) is 7.72. The molecule has 2 aromatic carbocycles. The number of fused-ring (bicyclic) bond motifs is 4. The molecule has 1 atom stereocenters. The number of aromatic nitrogens is 2. The van der Waals surface area contributed by atoms with Gasteiger partial charge >= 0.3 is 0 Å². The summed E-state index contributed by atoms with van der Waals surface area (Å²) in [4.78, 5) is 15.4. The highest BCUT2D eigenvalue weighted by Crippen LogP contribution is 2.35. The van der Waals surface area contributed by atoms with Crippen LogP contribution in [-0.4, -0.2) is 40.5 Å². The van der Waals surface area contributed by atoms with Crippen molar-refractivity contribution in [3.63, 3.8) is 0 Å². The molecule has 0 amide bonds. The number of carbonyl (C=O) groups is 1. The Kier molecular flexibility index (Phi) is 3.86. The Morgan fingerprint density at radius 3 is 2.62 bits per heavy atom. The van der Waals surface area contributed by atoms with E-state index in [0.29, 0.717) is 18.0 Å². The van der Waals surface area contributed by atoms with E-state index in [9.17, 15) is 4.79 Å². The lowest BCUT2D eigenvalue weighted by atomic mass is 9.76. The minimum absolute atomic E-state index is 0.183. The quantitative estimate of drug-likeness (QED) is 0.723. The van der Waals surface area contributed by atoms with Crippen LogP contribution < -0.4 is 0 Å². The van der Waals surface area contributed by atoms with Crippen molar-refractivity contribution in [3.8, 4) is 11.1 Å². The van der Waals surface area contributed by atoms with Crippen LogP contribution in [0.3, 0.4) is 0 Å². The Morgan fingerprint density at radius 1 is 1.08 bits per heavy atom. The molecule has 0 saturated carbocycles. The normalized spacial score (nSPS) is 24.8. The molecule has 3 aliphatic rings. The molecule has 26 heavy (non-hydrogen) atoms. The molecule has 0 aliphatic carbocycles. The first-order valence-corrected chi connectivity index (χ1v) is 9.57. The molecule has 4 heterocycles. The molecule has 6 rings (SSSR count). The summed E-state index contributed by atoms with van der Waals surface area (Å²) in [5.41, 5.74) is 3.85. The Balaban J connectivity index is 1.40. The Labute approximate surface area is 153 Å². The highest BCUT2D eigenvalue weighted by atomic mass is 16.1. The molecular weight excluding hydrogens is 322 g/mol. The lowest BCUT2D eigenvalue weighted by molar-refractivity contribution is 0.0440. The number of nitrogens with one attached hydrogen (secondary N) is 1. The number of nitrogens with zero attached hydrogens (tertiary/aromatic N) is 2. The van der Waals surface area contributed by atoms with Crippen molar-refractivity contribution in [2.75, 3.05) is 19.6 Å². The molecule has 4 nitrogen and oxygen atoms in total. The second kappa shape index (κ2) is 6.36. The van der Waals surface area contributed by atoms with E-state index in [1.165, 1.54) is 31.5 Å². The molecule has 132 valence electrons. The van der Waals surface area contributed by atoms with Crippen LogP contribution >= 0.6 is 0 Å². The van der Waals surface area contributed by atoms with Crippen molar-refractivity contribution in [2.24, 2.45) is 11.8 Å². The number of hydrogen-bond acceptors (Lipinski definition) is 3. The summed E-state index contributed by atoms with van der Waals surface area (Å²) < 4.78 is 0. The van der Waals surface area contributed by atoms with Gasteiger partial charge in [0.1, 0.15) is 5.69 Å². The summed E-state index contributed by atoms with van der Waals surface area (Å²) in [6.07, 6.45) is 3.13. The van der Waals surface area contributed by atoms with Crippen LogP contribution in [0.4, 0.5) is 0 Å². The van der Waals surface area contributed by atoms with Crippen molar-refractivity contribution < 1.29 is 4.79 Å². The molecule has 3 aliphatic heterocycles. The van der Waals surface area contributed by atoms with E-state index < -0.39 is 0 Å². The number of H-pyrrole nitrogens is 1. The van der Waals surface area contributed by atoms with E-state index in [1.807, 2.05) is 24.3 Å². The maximum atomic E-state index is 12.9. The highest BCUT2D eigenvalue weighted by molar-refractivity contribution is 6.06. The standard InChI is InChI=1S/C22H23N3O/c26-21(13-18-14-25-10-8-16(18)9-11-25)22-19-7-6-17(12-20(19)23-24-22)15-4-2-1-3-5-15/h1-7,12,16,18H,8-11,13-14H2,(H,23,24)/t18-/m0/s1. The van der Waals surface area contributed by atoms with Crippen molar-refractivity contribution in [2.45, 2.75) is 19.3 Å². The highest BCUT2D eigenvalue weighted by Gasteiger charge is 2.35. The molecule has 0 unspecified atom stereocenters. The van der Waals surface area contributed by atoms with E-state index in [1.54, 1.807) is 0 Å². The summed E-state index contributed by atoms with van der Waals surface area (Å²) >= 11 is 0. The van der Waals surface area contributed by atoms with Gasteiger partial charge in [0.2, 0.25) is 0 Å². The number of aromatic amines is 1. The topological polar surface area (TPSA) is 49.0 Å². The Bertz CT molecular complexity index is 938. The summed E-state index contributed by atoms with van der Waals surface area (Å²) in [6, 6.07) is 16.5. The number of ketones is 1. The Morgan fingerprint density at radius 2 is 1.88 bits per heavy atom. The fourth-order valence-corrected chi connectivity index (χ4v) is 4.70. The van der Waals surface area contributed by atoms with E-state index in [0.717, 1.165) is 28.9 Å². The molecule has 3 saturated heterocycles. The van der Waals surface area contributed by atoms with Crippen LogP contribution in [0.1, 0.15) is 29.8 Å². The van der Waals surface area contributed by atoms with Crippen molar-refractivity contribution in [1.29, 1.82) is 0 Å². The number of rotatable bonds is 4. The predicted octanol–water partition coefficient (Wildman–Crippen LogP) is 4.14. The van der Waals surface area contributed by atoms with Crippen molar-refractivity contribution >= 4 is 16.7 Å². The third kappa shape index (κ3) is 2.74. The maximum absolute atomic E-state index is 12.9. The van der Waals surface area contributed by atoms with Crippen LogP contribution in [0, 0.1) is 11.8 Å². The van der Waals surface area contributed by atoms with E-state index in [-0.39, 0.29) is 5.78 Å². The molecule has 3 aromatic rings. The van der Waals surface area contributed by atoms with Crippen LogP contribution in [0.15, 0.2) is 48.5 Å². The van der Waals surface area contributed by atoms with Gasteiger partial charge in [-0.2, -0.15) is 5.10 Å². The summed E-state index contributed by atoms with van der Waals surface area (Å²) in [7, 11) is 0. The van der Waals surface area contributed by atoms with Gasteiger partial charge in [-0.25, -0.2) is 0 Å². The predicted molar refractivity (Wildman–Crippen MR) is 103 cm³/mol. The minimum Gasteiger partial charge on any atom is -0.303 e. The van der Waals surface area contributed by atoms with Gasteiger partial charge in [0.05, 0.1) is 5.52 Å². The van der Waals surface area contributed by atoms with Crippen molar-refractivity contribution in [3.05, 3.63) is 54.2 Å². The average Bonchev–Trinajstić information content (AvgIpc) is 3.13. The molecule has 0 spiro atoms. The molecule has 1 N–H and O–H groups in total. The van der Waals surface area contributed by atoms with Crippen LogP contribution in [0.25, 0.3) is 22.0 Å². The van der Waals surface area contributed by atoms with Gasteiger partial charge in [0.25, 0.3) is 0 Å². The molecular formula is C22H23N3O. The molecule has 4 heteroatoms. The zero-order valence-electron chi connectivity index (χ0n) is 14.8. The van der Waals surface area contributed by atoms with Gasteiger partial charge in [-0.05, 0) is 61.0 Å². The number of piperidine rings is 3. The SMILES string of the molecule is O=C(C[C@H]1CN2CCC1CC2)c1n[nH]c2cc(-c3ccccc3)ccc12. The molecule has 3 fully saturated rings. The number of Topliss-reactive ketones (excluding diaryl/α,β-unsaturated/α-hetero) is 1. The zero-order valence-corrected chi connectivity index (χ0v) is 14.8. The first kappa shape index (κ1) is 15.8. The number of benzene rings is 2. The second-order valence-corrected chi connectivity index (χ2v) is 7.72. The van der Waals surface area contributed by atoms with Gasteiger partial charge < -0.3 is 4.90 Å². The lowest BCUT2D eigenvalue weighted by Gasteiger charge is -2.44. The van der Waals surface area contributed by atoms with Crippen LogP contribution in [0.2, 0.25) is 0 Å². The van der Waals surface area contributed by atoms with Gasteiger partial charge in [-0.3, -0.25) is 9.89 Å². The average molecular weight is 345 g/mol. The van der Waals surface area contributed by atoms with Gasteiger partial charge in [0.15, 0.2) is 5.78 Å². The third-order valence-electron chi connectivity index (χ3n) is 6.17. The fraction of sp³-hybridized carbons (Fsp3) is 0.364. The summed E-state index contributed by atoms with van der Waals surface area (Å²) in [6.45, 7) is 3.50. The van der Waals surface area contributed by atoms with E-state index in [2.05, 4.69) is 39.4 Å². The van der Waals surface area contributed by atoms with Gasteiger partial charge in [0, 0.05) is 18.4 Å². The molecule has 2 bridgehead atoms. The van der Waals surface area contributed by atoms with Gasteiger partial charge in [-0.1, -0.05) is 36.4 Å². The third-order valence-corrected chi connectivity index (χ3v) is 6.17. The zero-order chi connectivity index (χ0) is 17.5. The lowest BCUT2D eigenvalue weighted by Crippen LogP contribution is -2.47. The number of hydrogen-bond donors (Lipinski definition) is 1. The largest absolute Gasteiger partial charge is 0.303 e. The van der Waals surface area contributed by atoms with Gasteiger partial charge in [-0.15, -0.1) is 0 Å². The molecule has 1 aromatic heterocycles. The fourth-order valence-electron chi connectivity index (χ4n) is 4.70.